The number of halogens is 1. The minimum Gasteiger partial charge on any atom is -0.369 e. The Kier molecular flexibility index (Phi) is 5.87. The van der Waals surface area contributed by atoms with E-state index in [-0.39, 0.29) is 12.3 Å². The Labute approximate surface area is 158 Å². The van der Waals surface area contributed by atoms with Crippen LogP contribution in [0.3, 0.4) is 0 Å². The summed E-state index contributed by atoms with van der Waals surface area (Å²) < 4.78 is 0. The number of nitrogens with zero attached hydrogens (tertiary/aromatic N) is 2. The third-order valence-corrected chi connectivity index (χ3v) is 4.25. The summed E-state index contributed by atoms with van der Waals surface area (Å²) in [7, 11) is 2.02. The molecule has 0 aliphatic heterocycles. The van der Waals surface area contributed by atoms with Crippen LogP contribution in [-0.2, 0) is 17.8 Å². The van der Waals surface area contributed by atoms with Crippen molar-refractivity contribution in [2.24, 2.45) is 0 Å². The van der Waals surface area contributed by atoms with Gasteiger partial charge in [0.05, 0.1) is 18.3 Å². The molecule has 0 bridgehead atoms. The highest BCUT2D eigenvalue weighted by Gasteiger charge is 2.07. The van der Waals surface area contributed by atoms with Crippen LogP contribution < -0.4 is 10.2 Å². The van der Waals surface area contributed by atoms with E-state index in [9.17, 15) is 4.79 Å². The lowest BCUT2D eigenvalue weighted by Gasteiger charge is -2.19. The standard InChI is InChI=1S/C21H20ClN3O/c1-25(15-17-5-3-2-4-6-17)19-11-12-20(23-14-19)24-21(26)13-16-7-9-18(22)10-8-16/h2-12,14H,13,15H2,1H3,(H,23,24,26). The Hall–Kier alpha value is -2.85. The monoisotopic (exact) mass is 365 g/mol. The van der Waals surface area contributed by atoms with Gasteiger partial charge in [-0.15, -0.1) is 0 Å². The summed E-state index contributed by atoms with van der Waals surface area (Å²) in [6.45, 7) is 0.796. The summed E-state index contributed by atoms with van der Waals surface area (Å²) in [5.74, 6) is 0.436. The highest BCUT2D eigenvalue weighted by molar-refractivity contribution is 6.30. The fraction of sp³-hybridized carbons (Fsp3) is 0.143. The van der Waals surface area contributed by atoms with E-state index in [1.807, 2.05) is 49.5 Å². The van der Waals surface area contributed by atoms with Crippen LogP contribution in [0.25, 0.3) is 0 Å². The molecule has 132 valence electrons. The quantitative estimate of drug-likeness (QED) is 0.696. The number of carbonyl (C=O) groups is 1. The van der Waals surface area contributed by atoms with E-state index < -0.39 is 0 Å². The average Bonchev–Trinajstić information content (AvgIpc) is 2.65. The van der Waals surface area contributed by atoms with Gasteiger partial charge in [0.1, 0.15) is 5.82 Å². The maximum atomic E-state index is 12.1. The Bertz CT molecular complexity index is 849. The van der Waals surface area contributed by atoms with Gasteiger partial charge in [-0.2, -0.15) is 0 Å². The number of hydrogen-bond donors (Lipinski definition) is 1. The summed E-state index contributed by atoms with van der Waals surface area (Å²) in [6, 6.07) is 21.3. The highest BCUT2D eigenvalue weighted by Crippen LogP contribution is 2.17. The first-order valence-electron chi connectivity index (χ1n) is 8.35. The molecule has 5 heteroatoms. The summed E-state index contributed by atoms with van der Waals surface area (Å²) in [6.07, 6.45) is 2.05. The van der Waals surface area contributed by atoms with Gasteiger partial charge < -0.3 is 10.2 Å². The minimum atomic E-state index is -0.106. The van der Waals surface area contributed by atoms with Gasteiger partial charge in [0.15, 0.2) is 0 Å². The number of aromatic nitrogens is 1. The molecule has 0 unspecified atom stereocenters. The van der Waals surface area contributed by atoms with Gasteiger partial charge >= 0.3 is 0 Å². The summed E-state index contributed by atoms with van der Waals surface area (Å²) >= 11 is 5.85. The topological polar surface area (TPSA) is 45.2 Å². The van der Waals surface area contributed by atoms with Crippen molar-refractivity contribution in [3.8, 4) is 0 Å². The van der Waals surface area contributed by atoms with Gasteiger partial charge in [-0.3, -0.25) is 4.79 Å². The number of hydrogen-bond acceptors (Lipinski definition) is 3. The maximum absolute atomic E-state index is 12.1. The Morgan fingerprint density at radius 1 is 1.00 bits per heavy atom. The van der Waals surface area contributed by atoms with Crippen LogP contribution in [0.2, 0.25) is 5.02 Å². The predicted octanol–water partition coefficient (Wildman–Crippen LogP) is 4.55. The van der Waals surface area contributed by atoms with Crippen LogP contribution in [0.4, 0.5) is 11.5 Å². The van der Waals surface area contributed by atoms with E-state index in [0.717, 1.165) is 17.8 Å². The number of benzene rings is 2. The molecule has 3 rings (SSSR count). The van der Waals surface area contributed by atoms with Crippen molar-refractivity contribution in [1.82, 2.24) is 4.98 Å². The third-order valence-electron chi connectivity index (χ3n) is 4.00. The summed E-state index contributed by atoms with van der Waals surface area (Å²) in [5.41, 5.74) is 3.13. The van der Waals surface area contributed by atoms with E-state index in [1.54, 1.807) is 18.3 Å². The molecule has 0 saturated carbocycles. The van der Waals surface area contributed by atoms with E-state index in [4.69, 9.17) is 11.6 Å². The largest absolute Gasteiger partial charge is 0.369 e. The van der Waals surface area contributed by atoms with Gasteiger partial charge in [-0.05, 0) is 35.4 Å². The molecule has 1 aromatic heterocycles. The molecular weight excluding hydrogens is 346 g/mol. The van der Waals surface area contributed by atoms with Gasteiger partial charge in [-0.25, -0.2) is 4.98 Å². The second-order valence-corrected chi connectivity index (χ2v) is 6.53. The SMILES string of the molecule is CN(Cc1ccccc1)c1ccc(NC(=O)Cc2ccc(Cl)cc2)nc1. The molecule has 0 aliphatic carbocycles. The smallest absolute Gasteiger partial charge is 0.229 e. The Morgan fingerprint density at radius 3 is 2.38 bits per heavy atom. The average molecular weight is 366 g/mol. The first-order chi connectivity index (χ1) is 12.6. The first-order valence-corrected chi connectivity index (χ1v) is 8.73. The second-order valence-electron chi connectivity index (χ2n) is 6.09. The maximum Gasteiger partial charge on any atom is 0.229 e. The van der Waals surface area contributed by atoms with Crippen molar-refractivity contribution in [3.63, 3.8) is 0 Å². The van der Waals surface area contributed by atoms with Crippen molar-refractivity contribution >= 4 is 29.0 Å². The second kappa shape index (κ2) is 8.50. The Morgan fingerprint density at radius 2 is 1.73 bits per heavy atom. The lowest BCUT2D eigenvalue weighted by Crippen LogP contribution is -2.18. The molecule has 2 aromatic carbocycles. The molecule has 0 atom stereocenters. The first kappa shape index (κ1) is 18.0. The molecule has 0 saturated heterocycles. The Balaban J connectivity index is 1.56. The number of carbonyl (C=O) groups excluding carboxylic acids is 1. The van der Waals surface area contributed by atoms with Crippen molar-refractivity contribution in [2.45, 2.75) is 13.0 Å². The molecular formula is C21H20ClN3O. The van der Waals surface area contributed by atoms with Gasteiger partial charge in [0.25, 0.3) is 0 Å². The van der Waals surface area contributed by atoms with Gasteiger partial charge in [-0.1, -0.05) is 54.1 Å². The molecule has 0 radical (unpaired) electrons. The van der Waals surface area contributed by atoms with Crippen molar-refractivity contribution in [1.29, 1.82) is 0 Å². The van der Waals surface area contributed by atoms with Crippen LogP contribution >= 0.6 is 11.6 Å². The molecule has 1 N–H and O–H groups in total. The highest BCUT2D eigenvalue weighted by atomic mass is 35.5. The van der Waals surface area contributed by atoms with Crippen LogP contribution in [-0.4, -0.2) is 17.9 Å². The molecule has 1 amide bonds. The molecule has 26 heavy (non-hydrogen) atoms. The normalized spacial score (nSPS) is 10.4. The van der Waals surface area contributed by atoms with Crippen LogP contribution in [0, 0.1) is 0 Å². The van der Waals surface area contributed by atoms with Crippen molar-refractivity contribution in [2.75, 3.05) is 17.3 Å². The zero-order valence-electron chi connectivity index (χ0n) is 14.5. The fourth-order valence-corrected chi connectivity index (χ4v) is 2.74. The molecule has 3 aromatic rings. The number of amides is 1. The lowest BCUT2D eigenvalue weighted by molar-refractivity contribution is -0.115. The van der Waals surface area contributed by atoms with Gasteiger partial charge in [0, 0.05) is 18.6 Å². The molecule has 4 nitrogen and oxygen atoms in total. The van der Waals surface area contributed by atoms with E-state index in [0.29, 0.717) is 10.8 Å². The van der Waals surface area contributed by atoms with Crippen LogP contribution in [0.15, 0.2) is 72.9 Å². The zero-order valence-corrected chi connectivity index (χ0v) is 15.3. The molecule has 1 heterocycles. The van der Waals surface area contributed by atoms with E-state index in [1.165, 1.54) is 5.56 Å². The number of rotatable bonds is 6. The fourth-order valence-electron chi connectivity index (χ4n) is 2.61. The van der Waals surface area contributed by atoms with Crippen LogP contribution in [0.5, 0.6) is 0 Å². The molecule has 0 fully saturated rings. The third kappa shape index (κ3) is 5.07. The van der Waals surface area contributed by atoms with E-state index >= 15 is 0 Å². The summed E-state index contributed by atoms with van der Waals surface area (Å²) in [4.78, 5) is 18.6. The van der Waals surface area contributed by atoms with Gasteiger partial charge in [0.2, 0.25) is 5.91 Å². The summed E-state index contributed by atoms with van der Waals surface area (Å²) in [5, 5.41) is 3.48. The predicted molar refractivity (Wildman–Crippen MR) is 107 cm³/mol. The lowest BCUT2D eigenvalue weighted by atomic mass is 10.1. The number of pyridine rings is 1. The van der Waals surface area contributed by atoms with Crippen molar-refractivity contribution < 1.29 is 4.79 Å². The molecule has 0 aliphatic rings. The van der Waals surface area contributed by atoms with E-state index in [2.05, 4.69) is 27.3 Å². The molecule has 0 spiro atoms. The number of nitrogens with one attached hydrogen (secondary N) is 1. The van der Waals surface area contributed by atoms with Crippen molar-refractivity contribution in [3.05, 3.63) is 89.1 Å². The minimum absolute atomic E-state index is 0.106. The zero-order chi connectivity index (χ0) is 18.4. The number of anilines is 2. The van der Waals surface area contributed by atoms with Crippen LogP contribution in [0.1, 0.15) is 11.1 Å².